The second kappa shape index (κ2) is 6.44. The zero-order valence-corrected chi connectivity index (χ0v) is 12.6. The summed E-state index contributed by atoms with van der Waals surface area (Å²) in [5.74, 6) is 0. The first-order chi connectivity index (χ1) is 9.75. The van der Waals surface area contributed by atoms with E-state index in [-0.39, 0.29) is 6.04 Å². The lowest BCUT2D eigenvalue weighted by Gasteiger charge is -2.38. The number of hydrogen-bond acceptors (Lipinski definition) is 3. The van der Waals surface area contributed by atoms with Gasteiger partial charge in [0.15, 0.2) is 0 Å². The van der Waals surface area contributed by atoms with Crippen LogP contribution in [0.5, 0.6) is 0 Å². The van der Waals surface area contributed by atoms with Gasteiger partial charge in [-0.15, -0.1) is 0 Å². The second-order valence-electron chi connectivity index (χ2n) is 5.86. The zero-order chi connectivity index (χ0) is 13.9. The Bertz CT molecular complexity index is 454. The van der Waals surface area contributed by atoms with Crippen LogP contribution in [0, 0.1) is 0 Å². The van der Waals surface area contributed by atoms with Gasteiger partial charge in [-0.25, -0.2) is 0 Å². The Balaban J connectivity index is 1.57. The van der Waals surface area contributed by atoms with Crippen LogP contribution in [0.1, 0.15) is 37.3 Å². The lowest BCUT2D eigenvalue weighted by molar-refractivity contribution is -0.0561. The van der Waals surface area contributed by atoms with E-state index in [4.69, 9.17) is 22.1 Å². The van der Waals surface area contributed by atoms with Crippen molar-refractivity contribution < 1.29 is 4.74 Å². The first-order valence-corrected chi connectivity index (χ1v) is 7.99. The fourth-order valence-electron chi connectivity index (χ4n) is 3.52. The van der Waals surface area contributed by atoms with Crippen LogP contribution < -0.4 is 5.73 Å². The molecule has 20 heavy (non-hydrogen) atoms. The number of halogens is 1. The molecule has 3 atom stereocenters. The Labute approximate surface area is 126 Å². The summed E-state index contributed by atoms with van der Waals surface area (Å²) in [4.78, 5) is 2.57. The summed E-state index contributed by atoms with van der Waals surface area (Å²) in [7, 11) is 0. The number of fused-ring (bicyclic) bond motifs is 1. The number of hydrogen-bond donors (Lipinski definition) is 1. The van der Waals surface area contributed by atoms with Crippen molar-refractivity contribution in [3.8, 4) is 0 Å². The number of ether oxygens (including phenoxy) is 1. The lowest BCUT2D eigenvalue weighted by atomic mass is 10.0. The summed E-state index contributed by atoms with van der Waals surface area (Å²) >= 11 is 6.22. The van der Waals surface area contributed by atoms with E-state index in [9.17, 15) is 0 Å². The van der Waals surface area contributed by atoms with Crippen LogP contribution >= 0.6 is 11.6 Å². The van der Waals surface area contributed by atoms with Gasteiger partial charge in [-0.3, -0.25) is 4.90 Å². The maximum absolute atomic E-state index is 6.31. The molecule has 1 aromatic carbocycles. The molecule has 1 aromatic rings. The molecule has 4 heteroatoms. The molecule has 2 fully saturated rings. The summed E-state index contributed by atoms with van der Waals surface area (Å²) in [6, 6.07) is 8.53. The predicted octanol–water partition coefficient (Wildman–Crippen LogP) is 2.98. The normalized spacial score (nSPS) is 28.3. The van der Waals surface area contributed by atoms with Gasteiger partial charge in [0.05, 0.1) is 12.7 Å². The molecule has 0 bridgehead atoms. The molecule has 1 saturated heterocycles. The van der Waals surface area contributed by atoms with Crippen molar-refractivity contribution in [1.29, 1.82) is 0 Å². The fraction of sp³-hybridized carbons (Fsp3) is 0.625. The minimum atomic E-state index is 0.0198. The van der Waals surface area contributed by atoms with Gasteiger partial charge >= 0.3 is 0 Å². The van der Waals surface area contributed by atoms with Crippen molar-refractivity contribution in [1.82, 2.24) is 4.90 Å². The molecular weight excluding hydrogens is 272 g/mol. The molecule has 1 aliphatic heterocycles. The van der Waals surface area contributed by atoms with Crippen LogP contribution in [0.2, 0.25) is 5.02 Å². The first kappa shape index (κ1) is 14.3. The topological polar surface area (TPSA) is 38.5 Å². The highest BCUT2D eigenvalue weighted by atomic mass is 35.5. The molecule has 3 nitrogen and oxygen atoms in total. The van der Waals surface area contributed by atoms with E-state index >= 15 is 0 Å². The van der Waals surface area contributed by atoms with E-state index in [1.807, 2.05) is 24.3 Å². The van der Waals surface area contributed by atoms with Crippen LogP contribution in [0.25, 0.3) is 0 Å². The SMILES string of the molecule is NC(CCN1CCOC2CCCC21)c1ccccc1Cl. The van der Waals surface area contributed by atoms with Gasteiger partial charge in [-0.1, -0.05) is 29.8 Å². The van der Waals surface area contributed by atoms with Gasteiger partial charge in [0, 0.05) is 30.2 Å². The number of nitrogens with two attached hydrogens (primary N) is 1. The average molecular weight is 295 g/mol. The third-order valence-corrected chi connectivity index (χ3v) is 4.97. The molecule has 2 aliphatic rings. The first-order valence-electron chi connectivity index (χ1n) is 7.61. The van der Waals surface area contributed by atoms with E-state index in [2.05, 4.69) is 4.90 Å². The van der Waals surface area contributed by atoms with E-state index in [0.29, 0.717) is 12.1 Å². The molecule has 1 saturated carbocycles. The van der Waals surface area contributed by atoms with Crippen molar-refractivity contribution in [2.75, 3.05) is 19.7 Å². The molecule has 3 rings (SSSR count). The van der Waals surface area contributed by atoms with E-state index in [1.54, 1.807) is 0 Å². The van der Waals surface area contributed by atoms with Crippen molar-refractivity contribution in [2.24, 2.45) is 5.73 Å². The number of rotatable bonds is 4. The van der Waals surface area contributed by atoms with Crippen LogP contribution in [0.4, 0.5) is 0 Å². The minimum absolute atomic E-state index is 0.0198. The van der Waals surface area contributed by atoms with Gasteiger partial charge in [0.2, 0.25) is 0 Å². The largest absolute Gasteiger partial charge is 0.375 e. The molecule has 0 spiro atoms. The summed E-state index contributed by atoms with van der Waals surface area (Å²) in [5, 5.41) is 0.778. The van der Waals surface area contributed by atoms with Gasteiger partial charge in [0.25, 0.3) is 0 Å². The molecule has 0 amide bonds. The summed E-state index contributed by atoms with van der Waals surface area (Å²) in [5.41, 5.74) is 7.37. The lowest BCUT2D eigenvalue weighted by Crippen LogP contribution is -2.49. The van der Waals surface area contributed by atoms with Gasteiger partial charge in [-0.05, 0) is 37.3 Å². The zero-order valence-electron chi connectivity index (χ0n) is 11.8. The van der Waals surface area contributed by atoms with Crippen LogP contribution in [-0.2, 0) is 4.74 Å². The molecule has 0 radical (unpaired) electrons. The smallest absolute Gasteiger partial charge is 0.0730 e. The highest BCUT2D eigenvalue weighted by Crippen LogP contribution is 2.30. The molecule has 0 aromatic heterocycles. The number of morpholine rings is 1. The van der Waals surface area contributed by atoms with E-state index < -0.39 is 0 Å². The molecular formula is C16H23ClN2O. The molecule has 3 unspecified atom stereocenters. The third kappa shape index (κ3) is 3.01. The van der Waals surface area contributed by atoms with Crippen molar-refractivity contribution in [2.45, 2.75) is 43.9 Å². The highest BCUT2D eigenvalue weighted by molar-refractivity contribution is 6.31. The molecule has 2 N–H and O–H groups in total. The Hall–Kier alpha value is -0.610. The summed E-state index contributed by atoms with van der Waals surface area (Å²) < 4.78 is 5.85. The van der Waals surface area contributed by atoms with E-state index in [0.717, 1.165) is 36.7 Å². The standard InChI is InChI=1S/C16H23ClN2O/c17-13-5-2-1-4-12(13)14(18)8-9-19-10-11-20-16-7-3-6-15(16)19/h1-2,4-5,14-16H,3,6-11,18H2. The summed E-state index contributed by atoms with van der Waals surface area (Å²) in [6.45, 7) is 2.94. The van der Waals surface area contributed by atoms with E-state index in [1.165, 1.54) is 19.3 Å². The molecule has 110 valence electrons. The third-order valence-electron chi connectivity index (χ3n) is 4.63. The van der Waals surface area contributed by atoms with Gasteiger partial charge in [-0.2, -0.15) is 0 Å². The Morgan fingerprint density at radius 3 is 3.05 bits per heavy atom. The van der Waals surface area contributed by atoms with Crippen molar-refractivity contribution in [3.05, 3.63) is 34.9 Å². The van der Waals surface area contributed by atoms with Crippen molar-refractivity contribution in [3.63, 3.8) is 0 Å². The highest BCUT2D eigenvalue weighted by Gasteiger charge is 2.35. The maximum atomic E-state index is 6.31. The maximum Gasteiger partial charge on any atom is 0.0730 e. The quantitative estimate of drug-likeness (QED) is 0.928. The molecule has 1 heterocycles. The summed E-state index contributed by atoms with van der Waals surface area (Å²) in [6.07, 6.45) is 5.19. The monoisotopic (exact) mass is 294 g/mol. The molecule has 1 aliphatic carbocycles. The number of benzene rings is 1. The average Bonchev–Trinajstić information content (AvgIpc) is 2.94. The Kier molecular flexibility index (Phi) is 4.61. The van der Waals surface area contributed by atoms with Gasteiger partial charge in [0.1, 0.15) is 0 Å². The Morgan fingerprint density at radius 1 is 1.35 bits per heavy atom. The van der Waals surface area contributed by atoms with Crippen LogP contribution in [-0.4, -0.2) is 36.7 Å². The van der Waals surface area contributed by atoms with Gasteiger partial charge < -0.3 is 10.5 Å². The minimum Gasteiger partial charge on any atom is -0.375 e. The second-order valence-corrected chi connectivity index (χ2v) is 6.27. The van der Waals surface area contributed by atoms with Crippen LogP contribution in [0.15, 0.2) is 24.3 Å². The number of nitrogens with zero attached hydrogens (tertiary/aromatic N) is 1. The van der Waals surface area contributed by atoms with Crippen LogP contribution in [0.3, 0.4) is 0 Å². The Morgan fingerprint density at radius 2 is 2.20 bits per heavy atom. The predicted molar refractivity (Wildman–Crippen MR) is 81.9 cm³/mol. The van der Waals surface area contributed by atoms with Crippen molar-refractivity contribution >= 4 is 11.6 Å². The fourth-order valence-corrected chi connectivity index (χ4v) is 3.80.